The lowest BCUT2D eigenvalue weighted by atomic mass is 10.3. The molecule has 0 radical (unpaired) electrons. The van der Waals surface area contributed by atoms with Crippen LogP contribution in [0.15, 0.2) is 22.7 Å². The van der Waals surface area contributed by atoms with Crippen LogP contribution in [0.2, 0.25) is 0 Å². The van der Waals surface area contributed by atoms with Gasteiger partial charge in [0.25, 0.3) is 0 Å². The van der Waals surface area contributed by atoms with Crippen molar-refractivity contribution in [2.75, 3.05) is 26.2 Å². The minimum Gasteiger partial charge on any atom is -0.295 e. The molecule has 21 heavy (non-hydrogen) atoms. The van der Waals surface area contributed by atoms with E-state index >= 15 is 0 Å². The fourth-order valence-corrected chi connectivity index (χ4v) is 4.30. The number of rotatable bonds is 4. The first kappa shape index (κ1) is 14.6. The maximum Gasteiger partial charge on any atom is 0.246 e. The van der Waals surface area contributed by atoms with E-state index in [-0.39, 0.29) is 4.90 Å². The Morgan fingerprint density at radius 3 is 2.67 bits per heavy atom. The van der Waals surface area contributed by atoms with Crippen molar-refractivity contribution in [2.24, 2.45) is 0 Å². The molecule has 3 heterocycles. The van der Waals surface area contributed by atoms with E-state index < -0.39 is 10.0 Å². The summed E-state index contributed by atoms with van der Waals surface area (Å²) in [5.41, 5.74) is 1.06. The van der Waals surface area contributed by atoms with Crippen molar-refractivity contribution in [3.8, 4) is 0 Å². The van der Waals surface area contributed by atoms with Crippen molar-refractivity contribution in [1.29, 1.82) is 0 Å². The Hall–Kier alpha value is -1.29. The highest BCUT2D eigenvalue weighted by Gasteiger charge is 2.29. The molecular formula is C12H17N5O2S2. The standard InChI is InChI=1S/C12H17N5O2S2/c1-10-15-11(9-20-10)8-16-2-4-17(5-3-16)21(18,19)12-6-13-14-7-12/h6-7,9H,2-5,8H2,1H3,(H,13,14). The van der Waals surface area contributed by atoms with Gasteiger partial charge in [0.05, 0.1) is 16.9 Å². The Morgan fingerprint density at radius 1 is 1.33 bits per heavy atom. The highest BCUT2D eigenvalue weighted by atomic mass is 32.2. The number of aromatic nitrogens is 3. The van der Waals surface area contributed by atoms with Crippen LogP contribution in [-0.2, 0) is 16.6 Å². The van der Waals surface area contributed by atoms with Crippen LogP contribution in [0.4, 0.5) is 0 Å². The number of H-pyrrole nitrogens is 1. The van der Waals surface area contributed by atoms with Gasteiger partial charge >= 0.3 is 0 Å². The number of sulfonamides is 1. The second kappa shape index (κ2) is 5.84. The van der Waals surface area contributed by atoms with Gasteiger partial charge in [0.2, 0.25) is 10.0 Å². The zero-order valence-corrected chi connectivity index (χ0v) is 13.3. The average Bonchev–Trinajstić information content (AvgIpc) is 3.11. The van der Waals surface area contributed by atoms with Gasteiger partial charge in [-0.1, -0.05) is 0 Å². The van der Waals surface area contributed by atoms with Gasteiger partial charge < -0.3 is 0 Å². The zero-order valence-electron chi connectivity index (χ0n) is 11.7. The molecule has 0 unspecified atom stereocenters. The molecular weight excluding hydrogens is 310 g/mol. The molecule has 1 N–H and O–H groups in total. The molecule has 0 bridgehead atoms. The van der Waals surface area contributed by atoms with E-state index in [2.05, 4.69) is 25.5 Å². The zero-order chi connectivity index (χ0) is 14.9. The van der Waals surface area contributed by atoms with Gasteiger partial charge in [-0.25, -0.2) is 13.4 Å². The molecule has 0 spiro atoms. The normalized spacial score (nSPS) is 18.1. The van der Waals surface area contributed by atoms with Crippen molar-refractivity contribution in [1.82, 2.24) is 24.4 Å². The lowest BCUT2D eigenvalue weighted by Crippen LogP contribution is -2.48. The van der Waals surface area contributed by atoms with Crippen molar-refractivity contribution in [2.45, 2.75) is 18.4 Å². The third-order valence-electron chi connectivity index (χ3n) is 3.49. The summed E-state index contributed by atoms with van der Waals surface area (Å²) in [6.45, 7) is 5.20. The minimum absolute atomic E-state index is 0.228. The number of aromatic amines is 1. The summed E-state index contributed by atoms with van der Waals surface area (Å²) in [6, 6.07) is 0. The predicted molar refractivity (Wildman–Crippen MR) is 79.5 cm³/mol. The average molecular weight is 327 g/mol. The molecule has 2 aromatic rings. The maximum absolute atomic E-state index is 12.4. The van der Waals surface area contributed by atoms with Gasteiger partial charge in [0.1, 0.15) is 4.90 Å². The Kier molecular flexibility index (Phi) is 4.07. The lowest BCUT2D eigenvalue weighted by Gasteiger charge is -2.33. The van der Waals surface area contributed by atoms with Crippen LogP contribution in [-0.4, -0.2) is 59.0 Å². The summed E-state index contributed by atoms with van der Waals surface area (Å²) in [7, 11) is -3.41. The first-order valence-corrected chi connectivity index (χ1v) is 9.00. The molecule has 1 aliphatic heterocycles. The Labute approximate surface area is 127 Å². The molecule has 0 amide bonds. The van der Waals surface area contributed by atoms with Crippen molar-refractivity contribution in [3.05, 3.63) is 28.5 Å². The van der Waals surface area contributed by atoms with E-state index in [0.29, 0.717) is 26.2 Å². The number of thiazole rings is 1. The molecule has 7 nitrogen and oxygen atoms in total. The summed E-state index contributed by atoms with van der Waals surface area (Å²) in [5.74, 6) is 0. The number of nitrogens with zero attached hydrogens (tertiary/aromatic N) is 4. The van der Waals surface area contributed by atoms with Crippen molar-refractivity contribution >= 4 is 21.4 Å². The molecule has 0 aliphatic carbocycles. The SMILES string of the molecule is Cc1nc(CN2CCN(S(=O)(=O)c3cn[nH]c3)CC2)cs1. The van der Waals surface area contributed by atoms with E-state index in [1.165, 1.54) is 16.7 Å². The number of hydrogen-bond donors (Lipinski definition) is 1. The van der Waals surface area contributed by atoms with Crippen LogP contribution in [0.25, 0.3) is 0 Å². The molecule has 0 aromatic carbocycles. The molecule has 1 fully saturated rings. The lowest BCUT2D eigenvalue weighted by molar-refractivity contribution is 0.180. The second-order valence-corrected chi connectivity index (χ2v) is 7.97. The van der Waals surface area contributed by atoms with E-state index in [9.17, 15) is 8.42 Å². The number of aryl methyl sites for hydroxylation is 1. The van der Waals surface area contributed by atoms with Crippen LogP contribution in [0.3, 0.4) is 0 Å². The van der Waals surface area contributed by atoms with Gasteiger partial charge in [-0.15, -0.1) is 11.3 Å². The smallest absolute Gasteiger partial charge is 0.246 e. The fraction of sp³-hybridized carbons (Fsp3) is 0.500. The minimum atomic E-state index is -3.41. The Bertz CT molecular complexity index is 687. The number of piperazine rings is 1. The van der Waals surface area contributed by atoms with E-state index in [4.69, 9.17) is 0 Å². The molecule has 2 aromatic heterocycles. The quantitative estimate of drug-likeness (QED) is 0.893. The van der Waals surface area contributed by atoms with Gasteiger partial charge in [-0.05, 0) is 6.92 Å². The Morgan fingerprint density at radius 2 is 2.10 bits per heavy atom. The largest absolute Gasteiger partial charge is 0.295 e. The monoisotopic (exact) mass is 327 g/mol. The maximum atomic E-state index is 12.4. The molecule has 9 heteroatoms. The summed E-state index contributed by atoms with van der Waals surface area (Å²) in [4.78, 5) is 6.91. The van der Waals surface area contributed by atoms with Crippen molar-refractivity contribution < 1.29 is 8.42 Å². The van der Waals surface area contributed by atoms with Gasteiger partial charge in [-0.3, -0.25) is 10.00 Å². The molecule has 1 saturated heterocycles. The third-order valence-corrected chi connectivity index (χ3v) is 6.18. The van der Waals surface area contributed by atoms with Crippen LogP contribution in [0, 0.1) is 6.92 Å². The highest BCUT2D eigenvalue weighted by Crippen LogP contribution is 2.17. The molecule has 0 saturated carbocycles. The number of hydrogen-bond acceptors (Lipinski definition) is 6. The summed E-state index contributed by atoms with van der Waals surface area (Å²) in [5, 5.41) is 9.37. The third kappa shape index (κ3) is 3.15. The van der Waals surface area contributed by atoms with E-state index in [1.54, 1.807) is 11.3 Å². The van der Waals surface area contributed by atoms with Crippen LogP contribution in [0.1, 0.15) is 10.7 Å². The molecule has 114 valence electrons. The van der Waals surface area contributed by atoms with Gasteiger partial charge in [0, 0.05) is 44.3 Å². The first-order chi connectivity index (χ1) is 10.1. The molecule has 3 rings (SSSR count). The molecule has 0 atom stereocenters. The summed E-state index contributed by atoms with van der Waals surface area (Å²) >= 11 is 1.64. The highest BCUT2D eigenvalue weighted by molar-refractivity contribution is 7.89. The summed E-state index contributed by atoms with van der Waals surface area (Å²) < 4.78 is 26.2. The number of nitrogens with one attached hydrogen (secondary N) is 1. The van der Waals surface area contributed by atoms with Crippen molar-refractivity contribution in [3.63, 3.8) is 0 Å². The van der Waals surface area contributed by atoms with Gasteiger partial charge in [-0.2, -0.15) is 9.40 Å². The Balaban J connectivity index is 1.60. The predicted octanol–water partition coefficient (Wildman–Crippen LogP) is 0.681. The van der Waals surface area contributed by atoms with Crippen LogP contribution >= 0.6 is 11.3 Å². The van der Waals surface area contributed by atoms with E-state index in [0.717, 1.165) is 17.2 Å². The topological polar surface area (TPSA) is 82.2 Å². The van der Waals surface area contributed by atoms with Crippen LogP contribution < -0.4 is 0 Å². The first-order valence-electron chi connectivity index (χ1n) is 6.68. The van der Waals surface area contributed by atoms with Gasteiger partial charge in [0.15, 0.2) is 0 Å². The van der Waals surface area contributed by atoms with E-state index in [1.807, 2.05) is 6.92 Å². The summed E-state index contributed by atoms with van der Waals surface area (Å²) in [6.07, 6.45) is 2.76. The fourth-order valence-electron chi connectivity index (χ4n) is 2.37. The van der Waals surface area contributed by atoms with Crippen LogP contribution in [0.5, 0.6) is 0 Å². The molecule has 1 aliphatic rings. The second-order valence-electron chi connectivity index (χ2n) is 4.97.